The highest BCUT2D eigenvalue weighted by Gasteiger charge is 2.11. The molecule has 7 heteroatoms. The predicted octanol–water partition coefficient (Wildman–Crippen LogP) is 3.46. The highest BCUT2D eigenvalue weighted by atomic mass is 16.4. The Morgan fingerprint density at radius 2 is 1.86 bits per heavy atom. The van der Waals surface area contributed by atoms with Crippen molar-refractivity contribution < 1.29 is 15.0 Å². The molecule has 7 nitrogen and oxygen atoms in total. The number of aromatic carboxylic acids is 1. The number of hydrogen-bond acceptors (Lipinski definition) is 5. The largest absolute Gasteiger partial charge is 0.508 e. The summed E-state index contributed by atoms with van der Waals surface area (Å²) in [6.07, 6.45) is 1.46. The van der Waals surface area contributed by atoms with E-state index in [0.29, 0.717) is 22.8 Å². The zero-order valence-electron chi connectivity index (χ0n) is 11.6. The van der Waals surface area contributed by atoms with Crippen molar-refractivity contribution in [3.05, 3.63) is 53.9 Å². The number of pyridine rings is 1. The van der Waals surface area contributed by atoms with Crippen LogP contribution < -0.4 is 0 Å². The molecule has 3 aromatic rings. The molecule has 0 atom stereocenters. The molecule has 0 unspecified atom stereocenters. The summed E-state index contributed by atoms with van der Waals surface area (Å²) >= 11 is 0. The SMILES string of the molecule is Cc1nc2ccc(C(=O)O)cn2c1N=Nc1ccc(O)cc1. The Balaban J connectivity index is 2.05. The van der Waals surface area contributed by atoms with E-state index in [4.69, 9.17) is 5.11 Å². The summed E-state index contributed by atoms with van der Waals surface area (Å²) in [7, 11) is 0. The van der Waals surface area contributed by atoms with Crippen LogP contribution in [0.2, 0.25) is 0 Å². The van der Waals surface area contributed by atoms with Crippen LogP contribution in [0.5, 0.6) is 5.75 Å². The average Bonchev–Trinajstić information content (AvgIpc) is 2.81. The Morgan fingerprint density at radius 3 is 2.55 bits per heavy atom. The lowest BCUT2D eigenvalue weighted by Gasteiger charge is -1.99. The average molecular weight is 296 g/mol. The fourth-order valence-electron chi connectivity index (χ4n) is 2.02. The number of imidazole rings is 1. The molecule has 110 valence electrons. The molecular weight excluding hydrogens is 284 g/mol. The van der Waals surface area contributed by atoms with Gasteiger partial charge in [0.15, 0.2) is 5.82 Å². The topological polar surface area (TPSA) is 99.5 Å². The summed E-state index contributed by atoms with van der Waals surface area (Å²) < 4.78 is 1.59. The minimum atomic E-state index is -1.02. The predicted molar refractivity (Wildman–Crippen MR) is 79.2 cm³/mol. The maximum absolute atomic E-state index is 11.1. The number of azo groups is 1. The standard InChI is InChI=1S/C15H12N4O3/c1-9-14(18-17-11-3-5-12(20)6-4-11)19-8-10(15(21)22)2-7-13(19)16-9/h2-8,20H,1H3,(H,21,22). The maximum Gasteiger partial charge on any atom is 0.337 e. The Labute approximate surface area is 125 Å². The molecule has 2 heterocycles. The normalized spacial score (nSPS) is 11.3. The summed E-state index contributed by atoms with van der Waals surface area (Å²) in [5, 5.41) is 26.5. The van der Waals surface area contributed by atoms with Gasteiger partial charge in [-0.15, -0.1) is 10.2 Å². The molecule has 0 saturated carbocycles. The van der Waals surface area contributed by atoms with Crippen molar-refractivity contribution >= 4 is 23.1 Å². The zero-order chi connectivity index (χ0) is 15.7. The summed E-state index contributed by atoms with van der Waals surface area (Å²) in [6.45, 7) is 1.78. The molecule has 0 aliphatic heterocycles. The van der Waals surface area contributed by atoms with Crippen molar-refractivity contribution in [1.82, 2.24) is 9.38 Å². The van der Waals surface area contributed by atoms with Gasteiger partial charge in [-0.2, -0.15) is 0 Å². The van der Waals surface area contributed by atoms with Crippen molar-refractivity contribution in [2.75, 3.05) is 0 Å². The molecule has 0 amide bonds. The third kappa shape index (κ3) is 2.51. The van der Waals surface area contributed by atoms with Gasteiger partial charge in [-0.25, -0.2) is 9.78 Å². The van der Waals surface area contributed by atoms with E-state index in [0.717, 1.165) is 0 Å². The van der Waals surface area contributed by atoms with Gasteiger partial charge in [0.1, 0.15) is 11.4 Å². The monoisotopic (exact) mass is 296 g/mol. The van der Waals surface area contributed by atoms with Gasteiger partial charge in [-0.05, 0) is 43.3 Å². The molecule has 1 aromatic carbocycles. The Bertz CT molecular complexity index is 882. The number of rotatable bonds is 3. The first-order chi connectivity index (χ1) is 10.5. The first kappa shape index (κ1) is 13.7. The third-order valence-electron chi connectivity index (χ3n) is 3.12. The van der Waals surface area contributed by atoms with Crippen LogP contribution in [-0.2, 0) is 0 Å². The van der Waals surface area contributed by atoms with Crippen LogP contribution >= 0.6 is 0 Å². The fourth-order valence-corrected chi connectivity index (χ4v) is 2.02. The van der Waals surface area contributed by atoms with E-state index in [1.807, 2.05) is 0 Å². The van der Waals surface area contributed by atoms with Crippen LogP contribution in [0.4, 0.5) is 11.5 Å². The quantitative estimate of drug-likeness (QED) is 0.723. The minimum absolute atomic E-state index is 0.144. The number of carboxylic acids is 1. The summed E-state index contributed by atoms with van der Waals surface area (Å²) in [6, 6.07) is 9.39. The number of aromatic hydroxyl groups is 1. The molecule has 0 aliphatic carbocycles. The van der Waals surface area contributed by atoms with Gasteiger partial charge in [0.05, 0.1) is 16.9 Å². The lowest BCUT2D eigenvalue weighted by molar-refractivity contribution is 0.0696. The molecule has 0 spiro atoms. The highest BCUT2D eigenvalue weighted by Crippen LogP contribution is 2.25. The molecule has 3 rings (SSSR count). The number of carbonyl (C=O) groups is 1. The van der Waals surface area contributed by atoms with Gasteiger partial charge in [0.25, 0.3) is 0 Å². The van der Waals surface area contributed by atoms with Crippen LogP contribution in [-0.4, -0.2) is 25.6 Å². The van der Waals surface area contributed by atoms with Crippen molar-refractivity contribution in [2.24, 2.45) is 10.2 Å². The maximum atomic E-state index is 11.1. The van der Waals surface area contributed by atoms with Crippen molar-refractivity contribution in [2.45, 2.75) is 6.92 Å². The van der Waals surface area contributed by atoms with E-state index in [-0.39, 0.29) is 11.3 Å². The van der Waals surface area contributed by atoms with Crippen LogP contribution in [0, 0.1) is 6.92 Å². The first-order valence-electron chi connectivity index (χ1n) is 6.47. The van der Waals surface area contributed by atoms with Gasteiger partial charge >= 0.3 is 5.97 Å². The summed E-state index contributed by atoms with van der Waals surface area (Å²) in [4.78, 5) is 15.4. The zero-order valence-corrected chi connectivity index (χ0v) is 11.6. The van der Waals surface area contributed by atoms with Gasteiger partial charge < -0.3 is 10.2 Å². The Hall–Kier alpha value is -3.22. The van der Waals surface area contributed by atoms with E-state index in [1.165, 1.54) is 24.4 Å². The second kappa shape index (κ2) is 5.28. The molecule has 0 fully saturated rings. The van der Waals surface area contributed by atoms with E-state index >= 15 is 0 Å². The number of phenols is 1. The second-order valence-corrected chi connectivity index (χ2v) is 4.69. The highest BCUT2D eigenvalue weighted by molar-refractivity contribution is 5.87. The van der Waals surface area contributed by atoms with E-state index < -0.39 is 5.97 Å². The number of fused-ring (bicyclic) bond motifs is 1. The molecule has 2 N–H and O–H groups in total. The number of carboxylic acid groups (broad SMARTS) is 1. The van der Waals surface area contributed by atoms with E-state index in [1.54, 1.807) is 29.5 Å². The number of aryl methyl sites for hydroxylation is 1. The molecule has 0 aliphatic rings. The van der Waals surface area contributed by atoms with Crippen molar-refractivity contribution in [1.29, 1.82) is 0 Å². The molecule has 0 radical (unpaired) electrons. The number of phenolic OH excluding ortho intramolecular Hbond substituents is 1. The van der Waals surface area contributed by atoms with Crippen LogP contribution in [0.25, 0.3) is 5.65 Å². The van der Waals surface area contributed by atoms with Gasteiger partial charge in [-0.1, -0.05) is 0 Å². The minimum Gasteiger partial charge on any atom is -0.508 e. The molecule has 2 aromatic heterocycles. The third-order valence-corrected chi connectivity index (χ3v) is 3.12. The second-order valence-electron chi connectivity index (χ2n) is 4.69. The van der Waals surface area contributed by atoms with Gasteiger partial charge in [0, 0.05) is 6.20 Å². The molecule has 0 saturated heterocycles. The molecule has 22 heavy (non-hydrogen) atoms. The van der Waals surface area contributed by atoms with Crippen LogP contribution in [0.1, 0.15) is 16.1 Å². The number of benzene rings is 1. The first-order valence-corrected chi connectivity index (χ1v) is 6.47. The Morgan fingerprint density at radius 1 is 1.14 bits per heavy atom. The lowest BCUT2D eigenvalue weighted by atomic mass is 10.3. The van der Waals surface area contributed by atoms with E-state index in [2.05, 4.69) is 15.2 Å². The molecular formula is C15H12N4O3. The fraction of sp³-hybridized carbons (Fsp3) is 0.0667. The van der Waals surface area contributed by atoms with Crippen LogP contribution in [0.3, 0.4) is 0 Å². The van der Waals surface area contributed by atoms with Crippen molar-refractivity contribution in [3.8, 4) is 5.75 Å². The number of hydrogen-bond donors (Lipinski definition) is 2. The van der Waals surface area contributed by atoms with Crippen molar-refractivity contribution in [3.63, 3.8) is 0 Å². The molecule has 0 bridgehead atoms. The lowest BCUT2D eigenvalue weighted by Crippen LogP contribution is -1.98. The smallest absolute Gasteiger partial charge is 0.337 e. The van der Waals surface area contributed by atoms with Crippen LogP contribution in [0.15, 0.2) is 52.8 Å². The summed E-state index contributed by atoms with van der Waals surface area (Å²) in [5.41, 5.74) is 1.96. The van der Waals surface area contributed by atoms with Gasteiger partial charge in [0.2, 0.25) is 0 Å². The van der Waals surface area contributed by atoms with E-state index in [9.17, 15) is 9.90 Å². The Kier molecular flexibility index (Phi) is 3.30. The number of nitrogens with zero attached hydrogens (tertiary/aromatic N) is 4. The summed E-state index contributed by atoms with van der Waals surface area (Å²) in [5.74, 6) is -0.406. The number of aromatic nitrogens is 2. The van der Waals surface area contributed by atoms with Gasteiger partial charge in [-0.3, -0.25) is 4.40 Å².